The average Bonchev–Trinajstić information content (AvgIpc) is 2.69. The van der Waals surface area contributed by atoms with E-state index in [0.717, 1.165) is 12.8 Å². The van der Waals surface area contributed by atoms with Crippen LogP contribution in [0, 0.1) is 0 Å². The Bertz CT molecular complexity index is 359. The van der Waals surface area contributed by atoms with Gasteiger partial charge in [0.1, 0.15) is 19.8 Å². The molecule has 0 spiro atoms. The van der Waals surface area contributed by atoms with Crippen LogP contribution < -0.4 is 0 Å². The summed E-state index contributed by atoms with van der Waals surface area (Å²) in [4.78, 5) is 22.5. The highest BCUT2D eigenvalue weighted by atomic mass is 16.6. The SMILES string of the molecule is CCCCCCCCCCCCCCCCOC(=O)COCC(=O)OCCO. The van der Waals surface area contributed by atoms with Crippen molar-refractivity contribution in [2.45, 2.75) is 96.8 Å². The fraction of sp³-hybridized carbons (Fsp3) is 0.909. The molecule has 0 aliphatic rings. The van der Waals surface area contributed by atoms with E-state index in [1.54, 1.807) is 0 Å². The molecule has 0 aromatic heterocycles. The van der Waals surface area contributed by atoms with Crippen molar-refractivity contribution >= 4 is 11.9 Å². The molecule has 0 aliphatic carbocycles. The molecule has 0 fully saturated rings. The van der Waals surface area contributed by atoms with Gasteiger partial charge in [0, 0.05) is 0 Å². The first-order chi connectivity index (χ1) is 13.7. The lowest BCUT2D eigenvalue weighted by Gasteiger charge is -2.06. The van der Waals surface area contributed by atoms with E-state index in [-0.39, 0.29) is 26.4 Å². The number of aliphatic hydroxyl groups is 1. The molecule has 0 unspecified atom stereocenters. The first-order valence-electron chi connectivity index (χ1n) is 11.2. The molecule has 0 bridgehead atoms. The maximum absolute atomic E-state index is 11.4. The van der Waals surface area contributed by atoms with Gasteiger partial charge in [-0.05, 0) is 6.42 Å². The van der Waals surface area contributed by atoms with Crippen LogP contribution in [-0.2, 0) is 23.8 Å². The number of rotatable bonds is 21. The molecule has 0 saturated carbocycles. The van der Waals surface area contributed by atoms with Crippen LogP contribution in [0.15, 0.2) is 0 Å². The van der Waals surface area contributed by atoms with Crippen LogP contribution in [0.25, 0.3) is 0 Å². The Labute approximate surface area is 171 Å². The third-order valence-corrected chi connectivity index (χ3v) is 4.56. The van der Waals surface area contributed by atoms with Crippen LogP contribution in [-0.4, -0.2) is 50.1 Å². The molecule has 0 aliphatic heterocycles. The molecule has 0 amide bonds. The van der Waals surface area contributed by atoms with Gasteiger partial charge in [-0.25, -0.2) is 9.59 Å². The molecule has 0 saturated heterocycles. The summed E-state index contributed by atoms with van der Waals surface area (Å²) in [6.45, 7) is 1.79. The number of ether oxygens (including phenoxy) is 3. The zero-order valence-corrected chi connectivity index (χ0v) is 17.9. The van der Waals surface area contributed by atoms with Gasteiger partial charge in [0.15, 0.2) is 0 Å². The highest BCUT2D eigenvalue weighted by Crippen LogP contribution is 2.12. The molecule has 28 heavy (non-hydrogen) atoms. The van der Waals surface area contributed by atoms with Crippen LogP contribution in [0.4, 0.5) is 0 Å². The monoisotopic (exact) mass is 402 g/mol. The number of aliphatic hydroxyl groups excluding tert-OH is 1. The molecular weight excluding hydrogens is 360 g/mol. The van der Waals surface area contributed by atoms with Gasteiger partial charge < -0.3 is 19.3 Å². The summed E-state index contributed by atoms with van der Waals surface area (Å²) in [6.07, 6.45) is 18.0. The van der Waals surface area contributed by atoms with Gasteiger partial charge in [0.25, 0.3) is 0 Å². The summed E-state index contributed by atoms with van der Waals surface area (Å²) in [6, 6.07) is 0. The van der Waals surface area contributed by atoms with E-state index in [2.05, 4.69) is 11.7 Å². The Morgan fingerprint density at radius 3 is 1.43 bits per heavy atom. The topological polar surface area (TPSA) is 82.1 Å². The molecule has 6 heteroatoms. The fourth-order valence-electron chi connectivity index (χ4n) is 2.94. The maximum atomic E-state index is 11.4. The van der Waals surface area contributed by atoms with Crippen molar-refractivity contribution in [2.75, 3.05) is 33.0 Å². The molecular formula is C22H42O6. The van der Waals surface area contributed by atoms with Crippen LogP contribution in [0.5, 0.6) is 0 Å². The van der Waals surface area contributed by atoms with Crippen molar-refractivity contribution in [1.82, 2.24) is 0 Å². The molecule has 0 aromatic carbocycles. The summed E-state index contributed by atoms with van der Waals surface area (Å²) in [7, 11) is 0. The fourth-order valence-corrected chi connectivity index (χ4v) is 2.94. The first-order valence-corrected chi connectivity index (χ1v) is 11.2. The van der Waals surface area contributed by atoms with Crippen molar-refractivity contribution < 1.29 is 28.9 Å². The Balaban J connectivity index is 3.20. The lowest BCUT2D eigenvalue weighted by atomic mass is 10.0. The number of carbonyl (C=O) groups excluding carboxylic acids is 2. The molecule has 0 heterocycles. The van der Waals surface area contributed by atoms with E-state index in [9.17, 15) is 9.59 Å². The molecule has 0 rings (SSSR count). The Morgan fingerprint density at radius 1 is 0.607 bits per heavy atom. The zero-order valence-electron chi connectivity index (χ0n) is 17.9. The maximum Gasteiger partial charge on any atom is 0.332 e. The van der Waals surface area contributed by atoms with E-state index in [1.165, 1.54) is 77.0 Å². The molecule has 6 nitrogen and oxygen atoms in total. The number of carbonyl (C=O) groups is 2. The number of hydrogen-bond acceptors (Lipinski definition) is 6. The highest BCUT2D eigenvalue weighted by Gasteiger charge is 2.07. The minimum absolute atomic E-state index is 0.0637. The highest BCUT2D eigenvalue weighted by molar-refractivity contribution is 5.73. The molecule has 0 radical (unpaired) electrons. The largest absolute Gasteiger partial charge is 0.464 e. The third-order valence-electron chi connectivity index (χ3n) is 4.56. The minimum atomic E-state index is -0.603. The number of unbranched alkanes of at least 4 members (excludes halogenated alkanes) is 13. The van der Waals surface area contributed by atoms with Crippen LogP contribution >= 0.6 is 0 Å². The smallest absolute Gasteiger partial charge is 0.332 e. The van der Waals surface area contributed by atoms with Crippen molar-refractivity contribution in [3.8, 4) is 0 Å². The Hall–Kier alpha value is -1.14. The predicted octanol–water partition coefficient (Wildman–Crippen LogP) is 4.56. The van der Waals surface area contributed by atoms with E-state index in [1.807, 2.05) is 0 Å². The summed E-state index contributed by atoms with van der Waals surface area (Å²) in [5.41, 5.74) is 0. The van der Waals surface area contributed by atoms with Crippen molar-refractivity contribution in [3.05, 3.63) is 0 Å². The van der Waals surface area contributed by atoms with Crippen LogP contribution in [0.3, 0.4) is 0 Å². The predicted molar refractivity (Wildman–Crippen MR) is 110 cm³/mol. The molecule has 1 N–H and O–H groups in total. The van der Waals surface area contributed by atoms with E-state index in [4.69, 9.17) is 14.6 Å². The summed E-state index contributed by atoms with van der Waals surface area (Å²) >= 11 is 0. The van der Waals surface area contributed by atoms with Gasteiger partial charge in [-0.1, -0.05) is 90.4 Å². The van der Waals surface area contributed by atoms with Gasteiger partial charge in [0.05, 0.1) is 13.2 Å². The Morgan fingerprint density at radius 2 is 1.00 bits per heavy atom. The second-order valence-corrected chi connectivity index (χ2v) is 7.25. The quantitative estimate of drug-likeness (QED) is 0.224. The summed E-state index contributed by atoms with van der Waals surface area (Å²) in [5, 5.41) is 8.50. The van der Waals surface area contributed by atoms with Gasteiger partial charge in [-0.2, -0.15) is 0 Å². The summed E-state index contributed by atoms with van der Waals surface area (Å²) in [5.74, 6) is -1.07. The molecule has 0 aromatic rings. The second-order valence-electron chi connectivity index (χ2n) is 7.25. The van der Waals surface area contributed by atoms with Crippen molar-refractivity contribution in [2.24, 2.45) is 0 Å². The van der Waals surface area contributed by atoms with E-state index >= 15 is 0 Å². The number of hydrogen-bond donors (Lipinski definition) is 1. The van der Waals surface area contributed by atoms with Gasteiger partial charge in [-0.15, -0.1) is 0 Å². The average molecular weight is 403 g/mol. The standard InChI is InChI=1S/C22H42O6/c1-2-3-4-5-6-7-8-9-10-11-12-13-14-15-17-27-21(24)19-26-20-22(25)28-18-16-23/h23H,2-20H2,1H3. The first kappa shape index (κ1) is 26.9. The van der Waals surface area contributed by atoms with Gasteiger partial charge in [0.2, 0.25) is 0 Å². The van der Waals surface area contributed by atoms with E-state index in [0.29, 0.717) is 6.61 Å². The third kappa shape index (κ3) is 21.2. The zero-order chi connectivity index (χ0) is 20.7. The van der Waals surface area contributed by atoms with Gasteiger partial charge in [-0.3, -0.25) is 0 Å². The lowest BCUT2D eigenvalue weighted by Crippen LogP contribution is -2.19. The normalized spacial score (nSPS) is 10.8. The van der Waals surface area contributed by atoms with Crippen LogP contribution in [0.2, 0.25) is 0 Å². The van der Waals surface area contributed by atoms with Crippen molar-refractivity contribution in [3.63, 3.8) is 0 Å². The molecule has 166 valence electrons. The van der Waals surface area contributed by atoms with Crippen molar-refractivity contribution in [1.29, 1.82) is 0 Å². The Kier molecular flexibility index (Phi) is 21.3. The van der Waals surface area contributed by atoms with Crippen LogP contribution in [0.1, 0.15) is 96.8 Å². The van der Waals surface area contributed by atoms with Gasteiger partial charge >= 0.3 is 11.9 Å². The molecule has 0 atom stereocenters. The minimum Gasteiger partial charge on any atom is -0.464 e. The summed E-state index contributed by atoms with van der Waals surface area (Å²) < 4.78 is 14.6. The van der Waals surface area contributed by atoms with E-state index < -0.39 is 11.9 Å². The second kappa shape index (κ2) is 22.2. The number of esters is 2. The lowest BCUT2D eigenvalue weighted by molar-refractivity contribution is -0.156.